The Morgan fingerprint density at radius 2 is 1.62 bits per heavy atom. The molecule has 0 saturated carbocycles. The maximum atomic E-state index is 12.6. The van der Waals surface area contributed by atoms with Crippen LogP contribution in [-0.2, 0) is 0 Å². The maximum Gasteiger partial charge on any atom is 0.258 e. The van der Waals surface area contributed by atoms with Gasteiger partial charge in [-0.15, -0.1) is 0 Å². The molecule has 0 spiro atoms. The highest BCUT2D eigenvalue weighted by Crippen LogP contribution is 2.13. The van der Waals surface area contributed by atoms with Crippen LogP contribution in [0.15, 0.2) is 48.5 Å². The van der Waals surface area contributed by atoms with Crippen LogP contribution in [0.3, 0.4) is 0 Å². The van der Waals surface area contributed by atoms with Gasteiger partial charge in [-0.25, -0.2) is 8.78 Å². The number of halogens is 3. The van der Waals surface area contributed by atoms with Gasteiger partial charge in [0.05, 0.1) is 0 Å². The summed E-state index contributed by atoms with van der Waals surface area (Å²) >= 11 is 4.89. The van der Waals surface area contributed by atoms with Crippen LogP contribution in [0.1, 0.15) is 10.4 Å². The predicted molar refractivity (Wildman–Crippen MR) is 77.5 cm³/mol. The Balaban J connectivity index is 0.000000211. The molecular weight excluding hydrogens is 300 g/mol. The van der Waals surface area contributed by atoms with Crippen molar-refractivity contribution in [2.75, 3.05) is 13.2 Å². The lowest BCUT2D eigenvalue weighted by atomic mass is 10.2. The van der Waals surface area contributed by atoms with Gasteiger partial charge in [-0.3, -0.25) is 4.79 Å². The zero-order valence-electron chi connectivity index (χ0n) is 11.1. The number of ether oxygens (including phenoxy) is 1. The summed E-state index contributed by atoms with van der Waals surface area (Å²) in [6.07, 6.45) is 0. The molecule has 0 saturated heterocycles. The summed E-state index contributed by atoms with van der Waals surface area (Å²) in [4.78, 5) is 10.4. The average Bonchev–Trinajstić information content (AvgIpc) is 2.46. The van der Waals surface area contributed by atoms with E-state index in [4.69, 9.17) is 22.1 Å². The van der Waals surface area contributed by atoms with E-state index in [1.54, 1.807) is 0 Å². The lowest BCUT2D eigenvalue weighted by molar-refractivity contribution is 0.107. The smallest absolute Gasteiger partial charge is 0.258 e. The summed E-state index contributed by atoms with van der Waals surface area (Å²) in [6.45, 7) is 1.15. The van der Waals surface area contributed by atoms with Crippen molar-refractivity contribution in [3.63, 3.8) is 0 Å². The molecule has 0 atom stereocenters. The largest absolute Gasteiger partial charge is 0.492 e. The molecule has 0 heterocycles. The van der Waals surface area contributed by atoms with Gasteiger partial charge in [0.2, 0.25) is 0 Å². The quantitative estimate of drug-likeness (QED) is 0.881. The molecule has 0 bridgehead atoms. The van der Waals surface area contributed by atoms with Crippen LogP contribution in [0.2, 0.25) is 0 Å². The van der Waals surface area contributed by atoms with Crippen LogP contribution in [0, 0.1) is 11.6 Å². The molecule has 0 unspecified atom stereocenters. The van der Waals surface area contributed by atoms with Crippen molar-refractivity contribution >= 4 is 16.8 Å². The highest BCUT2D eigenvalue weighted by molar-refractivity contribution is 6.67. The van der Waals surface area contributed by atoms with Crippen molar-refractivity contribution in [3.8, 4) is 5.75 Å². The Bertz CT molecular complexity index is 559. The van der Waals surface area contributed by atoms with Crippen molar-refractivity contribution in [2.24, 2.45) is 5.73 Å². The molecule has 3 nitrogen and oxygen atoms in total. The van der Waals surface area contributed by atoms with Crippen LogP contribution in [0.4, 0.5) is 8.78 Å². The standard InChI is InChI=1S/C8H11NO.C7H3ClF2O/c9-6-7-10-8-4-2-1-3-5-8;8-7(11)6-4(9)2-1-3-5(6)10/h1-5H,6-7,9H2;1-3H. The second kappa shape index (κ2) is 9.05. The molecule has 6 heteroatoms. The number of rotatable bonds is 4. The fraction of sp³-hybridized carbons (Fsp3) is 0.133. The summed E-state index contributed by atoms with van der Waals surface area (Å²) in [5, 5.41) is -1.12. The number of para-hydroxylation sites is 1. The Morgan fingerprint density at radius 1 is 1.05 bits per heavy atom. The molecule has 0 aliphatic heterocycles. The minimum atomic E-state index is -1.12. The number of nitrogens with two attached hydrogens (primary N) is 1. The third-order valence-electron chi connectivity index (χ3n) is 2.29. The molecule has 2 N–H and O–H groups in total. The van der Waals surface area contributed by atoms with E-state index in [-0.39, 0.29) is 0 Å². The van der Waals surface area contributed by atoms with Gasteiger partial charge < -0.3 is 10.5 Å². The van der Waals surface area contributed by atoms with E-state index in [0.29, 0.717) is 13.2 Å². The van der Waals surface area contributed by atoms with E-state index in [2.05, 4.69) is 0 Å². The molecule has 0 fully saturated rings. The summed E-state index contributed by atoms with van der Waals surface area (Å²) in [7, 11) is 0. The maximum absolute atomic E-state index is 12.6. The van der Waals surface area contributed by atoms with Gasteiger partial charge in [-0.05, 0) is 35.9 Å². The molecule has 0 aliphatic carbocycles. The number of benzene rings is 2. The third kappa shape index (κ3) is 5.89. The van der Waals surface area contributed by atoms with Crippen LogP contribution < -0.4 is 10.5 Å². The molecule has 112 valence electrons. The summed E-state index contributed by atoms with van der Waals surface area (Å²) in [5.74, 6) is -0.997. The van der Waals surface area contributed by atoms with E-state index in [9.17, 15) is 13.6 Å². The molecule has 0 aliphatic rings. The van der Waals surface area contributed by atoms with Crippen molar-refractivity contribution in [3.05, 3.63) is 65.7 Å². The fourth-order valence-electron chi connectivity index (χ4n) is 1.38. The average molecular weight is 314 g/mol. The minimum Gasteiger partial charge on any atom is -0.492 e. The second-order valence-electron chi connectivity index (χ2n) is 3.82. The van der Waals surface area contributed by atoms with Crippen molar-refractivity contribution in [1.29, 1.82) is 0 Å². The molecule has 0 aromatic heterocycles. The molecule has 2 rings (SSSR count). The van der Waals surface area contributed by atoms with E-state index >= 15 is 0 Å². The van der Waals surface area contributed by atoms with Crippen LogP contribution in [-0.4, -0.2) is 18.4 Å². The first-order chi connectivity index (χ1) is 10.1. The van der Waals surface area contributed by atoms with Crippen molar-refractivity contribution in [2.45, 2.75) is 0 Å². The lowest BCUT2D eigenvalue weighted by Gasteiger charge is -2.01. The third-order valence-corrected chi connectivity index (χ3v) is 2.48. The van der Waals surface area contributed by atoms with Crippen LogP contribution in [0.25, 0.3) is 0 Å². The molecular formula is C15H14ClF2NO2. The van der Waals surface area contributed by atoms with Gasteiger partial charge in [0.25, 0.3) is 5.24 Å². The summed E-state index contributed by atoms with van der Waals surface area (Å²) in [6, 6.07) is 12.8. The Hall–Kier alpha value is -1.98. The Kier molecular flexibility index (Phi) is 7.36. The number of carbonyl (C=O) groups is 1. The van der Waals surface area contributed by atoms with Crippen LogP contribution in [0.5, 0.6) is 5.75 Å². The highest BCUT2D eigenvalue weighted by Gasteiger charge is 2.13. The first kappa shape index (κ1) is 17.1. The zero-order chi connectivity index (χ0) is 15.7. The molecule has 0 amide bonds. The number of hydrogen-bond donors (Lipinski definition) is 1. The summed E-state index contributed by atoms with van der Waals surface area (Å²) < 4.78 is 30.3. The normalized spacial score (nSPS) is 9.52. The van der Waals surface area contributed by atoms with Gasteiger partial charge in [0.1, 0.15) is 29.6 Å². The van der Waals surface area contributed by atoms with Gasteiger partial charge in [0.15, 0.2) is 0 Å². The SMILES string of the molecule is NCCOc1ccccc1.O=C(Cl)c1c(F)cccc1F. The highest BCUT2D eigenvalue weighted by atomic mass is 35.5. The van der Waals surface area contributed by atoms with E-state index < -0.39 is 22.4 Å². The van der Waals surface area contributed by atoms with E-state index in [1.165, 1.54) is 0 Å². The molecule has 2 aromatic carbocycles. The van der Waals surface area contributed by atoms with Crippen LogP contribution >= 0.6 is 11.6 Å². The second-order valence-corrected chi connectivity index (χ2v) is 4.16. The molecule has 2 aromatic rings. The van der Waals surface area contributed by atoms with Gasteiger partial charge in [-0.2, -0.15) is 0 Å². The fourth-order valence-corrected chi connectivity index (χ4v) is 1.56. The van der Waals surface area contributed by atoms with Gasteiger partial charge in [0, 0.05) is 6.54 Å². The predicted octanol–water partition coefficient (Wildman–Crippen LogP) is 3.37. The minimum absolute atomic E-state index is 0.564. The van der Waals surface area contributed by atoms with Crippen molar-refractivity contribution in [1.82, 2.24) is 0 Å². The van der Waals surface area contributed by atoms with E-state index in [1.807, 2.05) is 30.3 Å². The topological polar surface area (TPSA) is 52.3 Å². The van der Waals surface area contributed by atoms with E-state index in [0.717, 1.165) is 23.9 Å². The Labute approximate surface area is 126 Å². The molecule has 0 radical (unpaired) electrons. The monoisotopic (exact) mass is 313 g/mol. The van der Waals surface area contributed by atoms with Crippen molar-refractivity contribution < 1.29 is 18.3 Å². The van der Waals surface area contributed by atoms with Gasteiger partial charge >= 0.3 is 0 Å². The molecule has 21 heavy (non-hydrogen) atoms. The number of hydrogen-bond acceptors (Lipinski definition) is 3. The Morgan fingerprint density at radius 3 is 2.05 bits per heavy atom. The summed E-state index contributed by atoms with van der Waals surface area (Å²) in [5.41, 5.74) is 4.55. The number of carbonyl (C=O) groups excluding carboxylic acids is 1. The zero-order valence-corrected chi connectivity index (χ0v) is 11.8. The van der Waals surface area contributed by atoms with Gasteiger partial charge in [-0.1, -0.05) is 24.3 Å². The lowest BCUT2D eigenvalue weighted by Crippen LogP contribution is -2.10. The first-order valence-corrected chi connectivity index (χ1v) is 6.45. The first-order valence-electron chi connectivity index (χ1n) is 6.08.